The number of methoxy groups -OCH3 is 1. The summed E-state index contributed by atoms with van der Waals surface area (Å²) in [5.74, 6) is -2.06. The van der Waals surface area contributed by atoms with Crippen molar-refractivity contribution in [2.75, 3.05) is 13.7 Å². The fourth-order valence-electron chi connectivity index (χ4n) is 4.00. The molecule has 34 heavy (non-hydrogen) atoms. The second-order valence-corrected chi connectivity index (χ2v) is 8.76. The molecule has 0 radical (unpaired) electrons. The number of hydrogen-bond donors (Lipinski definition) is 6. The number of hydrogen-bond acceptors (Lipinski definition) is 11. The van der Waals surface area contributed by atoms with E-state index in [4.69, 9.17) is 23.7 Å². The minimum atomic E-state index is -1.77. The summed E-state index contributed by atoms with van der Waals surface area (Å²) >= 11 is 0. The van der Waals surface area contributed by atoms with E-state index >= 15 is 0 Å². The fraction of sp³-hybridized carbons (Fsp3) is 0.905. The number of carboxylic acid groups (broad SMARTS) is 1. The lowest BCUT2D eigenvalue weighted by atomic mass is 9.93. The highest BCUT2D eigenvalue weighted by molar-refractivity contribution is 5.74. The largest absolute Gasteiger partial charge is 0.479 e. The number of aliphatic hydroxyl groups excluding tert-OH is 4. The van der Waals surface area contributed by atoms with Crippen LogP contribution in [-0.4, -0.2) is 118 Å². The molecular weight excluding hydrogens is 458 g/mol. The van der Waals surface area contributed by atoms with Crippen LogP contribution in [0.15, 0.2) is 0 Å². The number of aliphatic carboxylic acids is 1. The average Bonchev–Trinajstić information content (AvgIpc) is 2.80. The minimum Gasteiger partial charge on any atom is -0.479 e. The predicted octanol–water partition coefficient (Wildman–Crippen LogP) is -1.90. The Kier molecular flexibility index (Phi) is 10.2. The number of aliphatic hydroxyl groups is 4. The molecule has 10 atom stereocenters. The third-order valence-electron chi connectivity index (χ3n) is 6.45. The van der Waals surface area contributed by atoms with E-state index in [-0.39, 0.29) is 0 Å². The van der Waals surface area contributed by atoms with Gasteiger partial charge < -0.3 is 54.5 Å². The number of nitrogens with one attached hydrogen (secondary N) is 1. The molecule has 0 saturated carbocycles. The van der Waals surface area contributed by atoms with Crippen LogP contribution >= 0.6 is 0 Å². The van der Waals surface area contributed by atoms with Gasteiger partial charge in [0.2, 0.25) is 5.91 Å². The molecule has 2 rings (SSSR count). The number of ether oxygens (including phenoxy) is 5. The zero-order chi connectivity index (χ0) is 25.8. The molecule has 2 heterocycles. The molecule has 0 aromatic rings. The van der Waals surface area contributed by atoms with Crippen LogP contribution in [0, 0.1) is 0 Å². The summed E-state index contributed by atoms with van der Waals surface area (Å²) in [6.07, 6.45) is -12.2. The van der Waals surface area contributed by atoms with E-state index in [1.807, 2.05) is 20.8 Å². The quantitative estimate of drug-likeness (QED) is 0.197. The van der Waals surface area contributed by atoms with E-state index in [1.165, 1.54) is 14.0 Å². The Morgan fingerprint density at radius 3 is 2.09 bits per heavy atom. The lowest BCUT2D eigenvalue weighted by molar-refractivity contribution is -0.344. The number of amides is 1. The molecular formula is C21H37NO12. The van der Waals surface area contributed by atoms with E-state index < -0.39 is 85.4 Å². The molecule has 1 amide bonds. The summed E-state index contributed by atoms with van der Waals surface area (Å²) in [7, 11) is 1.17. The molecule has 0 bridgehead atoms. The van der Waals surface area contributed by atoms with Crippen LogP contribution in [0.2, 0.25) is 0 Å². The van der Waals surface area contributed by atoms with Crippen LogP contribution in [0.4, 0.5) is 0 Å². The second-order valence-electron chi connectivity index (χ2n) is 8.76. The van der Waals surface area contributed by atoms with Crippen LogP contribution in [0.3, 0.4) is 0 Å². The summed E-state index contributed by atoms with van der Waals surface area (Å²) in [4.78, 5) is 23.6. The molecule has 2 saturated heterocycles. The first kappa shape index (κ1) is 28.8. The van der Waals surface area contributed by atoms with Crippen LogP contribution in [0.25, 0.3) is 0 Å². The first-order valence-corrected chi connectivity index (χ1v) is 11.2. The Bertz CT molecular complexity index is 689. The van der Waals surface area contributed by atoms with Gasteiger partial charge in [-0.05, 0) is 19.8 Å². The van der Waals surface area contributed by atoms with Gasteiger partial charge in [-0.15, -0.1) is 0 Å². The number of carbonyl (C=O) groups is 2. The SMILES string of the molecule is CCC(C)(CC)OC1C(CO)OC(OC2C(C(=O)O)OC(OC)C(O)C2O)C(NC(C)=O)C1O. The Morgan fingerprint density at radius 1 is 1.00 bits per heavy atom. The van der Waals surface area contributed by atoms with Crippen LogP contribution in [0.5, 0.6) is 0 Å². The Balaban J connectivity index is 2.35. The van der Waals surface area contributed by atoms with E-state index in [0.29, 0.717) is 12.8 Å². The molecule has 2 fully saturated rings. The van der Waals surface area contributed by atoms with E-state index in [0.717, 1.165) is 0 Å². The summed E-state index contributed by atoms with van der Waals surface area (Å²) in [6, 6.07) is -1.26. The molecule has 0 spiro atoms. The topological polar surface area (TPSA) is 193 Å². The maximum atomic E-state index is 11.9. The highest BCUT2D eigenvalue weighted by atomic mass is 16.7. The molecule has 10 unspecified atom stereocenters. The Hall–Kier alpha value is -1.42. The monoisotopic (exact) mass is 495 g/mol. The van der Waals surface area contributed by atoms with Gasteiger partial charge in [0.1, 0.15) is 42.7 Å². The molecule has 198 valence electrons. The van der Waals surface area contributed by atoms with Gasteiger partial charge >= 0.3 is 5.97 Å². The zero-order valence-electron chi connectivity index (χ0n) is 20.0. The number of rotatable bonds is 10. The first-order chi connectivity index (χ1) is 15.9. The van der Waals surface area contributed by atoms with Crippen LogP contribution in [0.1, 0.15) is 40.5 Å². The van der Waals surface area contributed by atoms with Crippen molar-refractivity contribution in [1.29, 1.82) is 0 Å². The van der Waals surface area contributed by atoms with Crippen molar-refractivity contribution in [1.82, 2.24) is 5.32 Å². The number of carboxylic acids is 1. The van der Waals surface area contributed by atoms with E-state index in [2.05, 4.69) is 5.32 Å². The summed E-state index contributed by atoms with van der Waals surface area (Å²) in [5, 5.41) is 53.9. The normalized spacial score (nSPS) is 39.0. The molecule has 0 aliphatic carbocycles. The van der Waals surface area contributed by atoms with Gasteiger partial charge in [-0.2, -0.15) is 0 Å². The molecule has 0 aromatic carbocycles. The molecule has 2 aliphatic rings. The van der Waals surface area contributed by atoms with Crippen LogP contribution < -0.4 is 5.32 Å². The fourth-order valence-corrected chi connectivity index (χ4v) is 4.00. The molecule has 2 aliphatic heterocycles. The lowest BCUT2D eigenvalue weighted by Gasteiger charge is -2.48. The third kappa shape index (κ3) is 6.22. The Labute approximate surface area is 197 Å². The minimum absolute atomic E-state index is 0.550. The zero-order valence-corrected chi connectivity index (χ0v) is 20.0. The predicted molar refractivity (Wildman–Crippen MR) is 113 cm³/mol. The van der Waals surface area contributed by atoms with Gasteiger partial charge in [0.25, 0.3) is 0 Å². The Morgan fingerprint density at radius 2 is 1.62 bits per heavy atom. The van der Waals surface area contributed by atoms with Crippen molar-refractivity contribution in [3.05, 3.63) is 0 Å². The summed E-state index contributed by atoms with van der Waals surface area (Å²) < 4.78 is 27.7. The lowest BCUT2D eigenvalue weighted by Crippen LogP contribution is -2.69. The smallest absolute Gasteiger partial charge is 0.335 e. The maximum absolute atomic E-state index is 11.9. The van der Waals surface area contributed by atoms with Gasteiger partial charge in [-0.1, -0.05) is 13.8 Å². The second kappa shape index (κ2) is 12.0. The van der Waals surface area contributed by atoms with Crippen molar-refractivity contribution < 1.29 is 58.8 Å². The van der Waals surface area contributed by atoms with Gasteiger partial charge in [-0.25, -0.2) is 4.79 Å². The molecule has 13 heteroatoms. The van der Waals surface area contributed by atoms with Gasteiger partial charge in [0.05, 0.1) is 12.2 Å². The molecule has 6 N–H and O–H groups in total. The van der Waals surface area contributed by atoms with Crippen LogP contribution in [-0.2, 0) is 33.3 Å². The first-order valence-electron chi connectivity index (χ1n) is 11.2. The van der Waals surface area contributed by atoms with Gasteiger partial charge in [0, 0.05) is 14.0 Å². The number of carbonyl (C=O) groups excluding carboxylic acids is 1. The van der Waals surface area contributed by atoms with E-state index in [1.54, 1.807) is 0 Å². The van der Waals surface area contributed by atoms with Crippen molar-refractivity contribution >= 4 is 11.9 Å². The maximum Gasteiger partial charge on any atom is 0.335 e. The van der Waals surface area contributed by atoms with Crippen molar-refractivity contribution in [2.24, 2.45) is 0 Å². The van der Waals surface area contributed by atoms with Gasteiger partial charge in [-0.3, -0.25) is 4.79 Å². The highest BCUT2D eigenvalue weighted by Gasteiger charge is 2.54. The average molecular weight is 496 g/mol. The van der Waals surface area contributed by atoms with Crippen molar-refractivity contribution in [2.45, 2.75) is 107 Å². The summed E-state index contributed by atoms with van der Waals surface area (Å²) in [5.41, 5.74) is -0.655. The van der Waals surface area contributed by atoms with Crippen molar-refractivity contribution in [3.63, 3.8) is 0 Å². The highest BCUT2D eigenvalue weighted by Crippen LogP contribution is 2.33. The van der Waals surface area contributed by atoms with E-state index in [9.17, 15) is 35.1 Å². The molecule has 13 nitrogen and oxygen atoms in total. The van der Waals surface area contributed by atoms with Gasteiger partial charge in [0.15, 0.2) is 18.7 Å². The van der Waals surface area contributed by atoms with Crippen molar-refractivity contribution in [3.8, 4) is 0 Å². The summed E-state index contributed by atoms with van der Waals surface area (Å²) in [6.45, 7) is 6.26. The third-order valence-corrected chi connectivity index (χ3v) is 6.45. The standard InChI is InChI=1S/C21H37NO12/c1-6-21(4,7-2)34-15-10(8-23)31-19(11(12(15)25)22-9(3)24)32-16-13(26)14(27)20(30-5)33-17(16)18(28)29/h10-17,19-20,23,25-27H,6-8H2,1-5H3,(H,22,24)(H,28,29). The molecule has 0 aromatic heterocycles.